The van der Waals surface area contributed by atoms with Crippen molar-refractivity contribution in [3.63, 3.8) is 0 Å². The Bertz CT molecular complexity index is 1130. The van der Waals surface area contributed by atoms with E-state index in [0.717, 1.165) is 16.8 Å². The second kappa shape index (κ2) is 8.10. The zero-order valence-electron chi connectivity index (χ0n) is 16.5. The number of carbonyl (C=O) groups excluding carboxylic acids is 1. The van der Waals surface area contributed by atoms with E-state index in [9.17, 15) is 22.8 Å². The average Bonchev–Trinajstić information content (AvgIpc) is 2.68. The molecule has 6 nitrogen and oxygen atoms in total. The van der Waals surface area contributed by atoms with E-state index in [1.165, 1.54) is 42.4 Å². The summed E-state index contributed by atoms with van der Waals surface area (Å²) in [6.45, 7) is 4.95. The minimum atomic E-state index is -4.63. The van der Waals surface area contributed by atoms with Crippen LogP contribution in [0.1, 0.15) is 35.6 Å². The number of aromatic nitrogens is 3. The van der Waals surface area contributed by atoms with Crippen LogP contribution in [0.5, 0.6) is 0 Å². The Morgan fingerprint density at radius 1 is 1.13 bits per heavy atom. The molecule has 9 heteroatoms. The smallest absolute Gasteiger partial charge is 0.303 e. The van der Waals surface area contributed by atoms with E-state index in [1.807, 2.05) is 0 Å². The predicted octanol–water partition coefficient (Wildman–Crippen LogP) is 4.01. The molecule has 3 rings (SSSR count). The van der Waals surface area contributed by atoms with Gasteiger partial charge in [0.2, 0.25) is 5.43 Å². The van der Waals surface area contributed by atoms with E-state index in [4.69, 9.17) is 0 Å². The molecule has 0 radical (unpaired) electrons. The molecule has 0 spiro atoms. The Morgan fingerprint density at radius 3 is 2.43 bits per heavy atom. The summed E-state index contributed by atoms with van der Waals surface area (Å²) in [5, 5.41) is 4.04. The molecule has 30 heavy (non-hydrogen) atoms. The molecular formula is C21H19F3N4O2. The van der Waals surface area contributed by atoms with Crippen molar-refractivity contribution in [2.45, 2.75) is 33.0 Å². The summed E-state index contributed by atoms with van der Waals surface area (Å²) in [5.41, 5.74) is -1.72. The van der Waals surface area contributed by atoms with Gasteiger partial charge in [-0.3, -0.25) is 14.6 Å². The number of para-hydroxylation sites is 1. The van der Waals surface area contributed by atoms with E-state index < -0.39 is 28.8 Å². The topological polar surface area (TPSA) is 68.1 Å². The third-order valence-corrected chi connectivity index (χ3v) is 4.41. The predicted molar refractivity (Wildman–Crippen MR) is 106 cm³/mol. The molecule has 0 aliphatic heterocycles. The molecule has 156 valence electrons. The van der Waals surface area contributed by atoms with Gasteiger partial charge in [0.25, 0.3) is 5.91 Å². The summed E-state index contributed by atoms with van der Waals surface area (Å²) >= 11 is 0. The number of carbonyl (C=O) groups is 1. The lowest BCUT2D eigenvalue weighted by Gasteiger charge is -2.26. The van der Waals surface area contributed by atoms with Crippen molar-refractivity contribution >= 4 is 11.6 Å². The highest BCUT2D eigenvalue weighted by molar-refractivity contribution is 6.04. The van der Waals surface area contributed by atoms with Crippen LogP contribution in [-0.2, 0) is 6.18 Å². The van der Waals surface area contributed by atoms with E-state index in [2.05, 4.69) is 10.1 Å². The minimum Gasteiger partial charge on any atom is -0.303 e. The summed E-state index contributed by atoms with van der Waals surface area (Å²) in [4.78, 5) is 31.0. The molecule has 2 aromatic heterocycles. The van der Waals surface area contributed by atoms with Crippen LogP contribution in [0.25, 0.3) is 5.69 Å². The molecule has 0 aliphatic carbocycles. The normalized spacial score (nSPS) is 11.6. The summed E-state index contributed by atoms with van der Waals surface area (Å²) in [6.07, 6.45) is -1.63. The molecule has 0 fully saturated rings. The second-order valence-electron chi connectivity index (χ2n) is 6.91. The average molecular weight is 416 g/mol. The van der Waals surface area contributed by atoms with Crippen LogP contribution in [-0.4, -0.2) is 26.7 Å². The Labute approximate surface area is 170 Å². The monoisotopic (exact) mass is 416 g/mol. The fourth-order valence-corrected chi connectivity index (χ4v) is 3.10. The second-order valence-corrected chi connectivity index (χ2v) is 6.91. The van der Waals surface area contributed by atoms with Crippen LogP contribution in [0.4, 0.5) is 18.9 Å². The first-order valence-corrected chi connectivity index (χ1v) is 9.12. The summed E-state index contributed by atoms with van der Waals surface area (Å²) in [6, 6.07) is 8.90. The molecule has 0 N–H and O–H groups in total. The first-order valence-electron chi connectivity index (χ1n) is 9.12. The highest BCUT2D eigenvalue weighted by atomic mass is 19.4. The van der Waals surface area contributed by atoms with Crippen molar-refractivity contribution in [3.05, 3.63) is 82.0 Å². The molecule has 0 atom stereocenters. The van der Waals surface area contributed by atoms with Crippen molar-refractivity contribution < 1.29 is 18.0 Å². The molecule has 0 saturated heterocycles. The fraction of sp³-hybridized carbons (Fsp3) is 0.238. The maximum absolute atomic E-state index is 13.5. The third kappa shape index (κ3) is 4.10. The van der Waals surface area contributed by atoms with Gasteiger partial charge in [-0.1, -0.05) is 12.1 Å². The molecule has 2 heterocycles. The standard InChI is InChI=1S/C21H19F3N4O2/c1-13(2)27(15-7-6-10-25-12-15)20(30)19-18(29)11-14(3)28(26-19)17-9-5-4-8-16(17)21(22,23)24/h4-13H,1-3H3. The summed E-state index contributed by atoms with van der Waals surface area (Å²) in [7, 11) is 0. The van der Waals surface area contributed by atoms with Crippen molar-refractivity contribution in [2.24, 2.45) is 0 Å². The van der Waals surface area contributed by atoms with Crippen molar-refractivity contribution in [1.82, 2.24) is 14.8 Å². The lowest BCUT2D eigenvalue weighted by molar-refractivity contribution is -0.137. The molecule has 0 unspecified atom stereocenters. The van der Waals surface area contributed by atoms with Crippen molar-refractivity contribution in [2.75, 3.05) is 4.90 Å². The van der Waals surface area contributed by atoms with Crippen LogP contribution in [0.15, 0.2) is 59.7 Å². The van der Waals surface area contributed by atoms with E-state index in [0.29, 0.717) is 5.69 Å². The number of rotatable bonds is 4. The van der Waals surface area contributed by atoms with Crippen LogP contribution < -0.4 is 10.3 Å². The Balaban J connectivity index is 2.18. The number of nitrogens with zero attached hydrogens (tertiary/aromatic N) is 4. The van der Waals surface area contributed by atoms with Gasteiger partial charge in [0.05, 0.1) is 23.1 Å². The highest BCUT2D eigenvalue weighted by Crippen LogP contribution is 2.33. The van der Waals surface area contributed by atoms with Gasteiger partial charge < -0.3 is 4.90 Å². The minimum absolute atomic E-state index is 0.172. The third-order valence-electron chi connectivity index (χ3n) is 4.41. The zero-order valence-corrected chi connectivity index (χ0v) is 16.5. The fourth-order valence-electron chi connectivity index (χ4n) is 3.10. The van der Waals surface area contributed by atoms with Crippen molar-refractivity contribution in [3.8, 4) is 5.69 Å². The quantitative estimate of drug-likeness (QED) is 0.645. The van der Waals surface area contributed by atoms with E-state index in [1.54, 1.807) is 26.0 Å². The van der Waals surface area contributed by atoms with Gasteiger partial charge in [0, 0.05) is 24.0 Å². The summed E-state index contributed by atoms with van der Waals surface area (Å²) < 4.78 is 41.4. The van der Waals surface area contributed by atoms with Gasteiger partial charge in [-0.2, -0.15) is 18.3 Å². The first-order chi connectivity index (χ1) is 14.1. The molecule has 0 aliphatic rings. The Morgan fingerprint density at radius 2 is 1.83 bits per heavy atom. The van der Waals surface area contributed by atoms with Crippen LogP contribution in [0.3, 0.4) is 0 Å². The maximum atomic E-state index is 13.5. The maximum Gasteiger partial charge on any atom is 0.418 e. The number of anilines is 1. The van der Waals surface area contributed by atoms with Gasteiger partial charge in [-0.05, 0) is 45.0 Å². The number of halogens is 3. The van der Waals surface area contributed by atoms with Gasteiger partial charge in [0.15, 0.2) is 5.69 Å². The number of alkyl halides is 3. The first kappa shape index (κ1) is 21.2. The number of aryl methyl sites for hydroxylation is 1. The molecular weight excluding hydrogens is 397 g/mol. The van der Waals surface area contributed by atoms with Crippen LogP contribution >= 0.6 is 0 Å². The molecule has 1 amide bonds. The van der Waals surface area contributed by atoms with E-state index in [-0.39, 0.29) is 17.4 Å². The lowest BCUT2D eigenvalue weighted by atomic mass is 10.1. The van der Waals surface area contributed by atoms with Gasteiger partial charge in [-0.15, -0.1) is 0 Å². The van der Waals surface area contributed by atoms with Crippen molar-refractivity contribution in [1.29, 1.82) is 0 Å². The lowest BCUT2D eigenvalue weighted by Crippen LogP contribution is -2.41. The molecule has 3 aromatic rings. The number of benzene rings is 1. The number of hydrogen-bond donors (Lipinski definition) is 0. The summed E-state index contributed by atoms with van der Waals surface area (Å²) in [5.74, 6) is -0.721. The molecule has 0 saturated carbocycles. The number of hydrogen-bond acceptors (Lipinski definition) is 4. The van der Waals surface area contributed by atoms with Gasteiger partial charge in [0.1, 0.15) is 0 Å². The Kier molecular flexibility index (Phi) is 5.73. The molecule has 1 aromatic carbocycles. The van der Waals surface area contributed by atoms with Gasteiger partial charge >= 0.3 is 6.18 Å². The van der Waals surface area contributed by atoms with Gasteiger partial charge in [-0.25, -0.2) is 4.68 Å². The molecule has 0 bridgehead atoms. The van der Waals surface area contributed by atoms with Crippen LogP contribution in [0.2, 0.25) is 0 Å². The Hall–Kier alpha value is -3.49. The largest absolute Gasteiger partial charge is 0.418 e. The van der Waals surface area contributed by atoms with Crippen LogP contribution in [0, 0.1) is 6.92 Å². The zero-order chi connectivity index (χ0) is 22.1. The van der Waals surface area contributed by atoms with E-state index >= 15 is 0 Å². The number of amides is 1. The number of pyridine rings is 1. The highest BCUT2D eigenvalue weighted by Gasteiger charge is 2.34. The SMILES string of the molecule is Cc1cc(=O)c(C(=O)N(c2cccnc2)C(C)C)nn1-c1ccccc1C(F)(F)F.